The van der Waals surface area contributed by atoms with Crippen molar-refractivity contribution in [3.63, 3.8) is 0 Å². The monoisotopic (exact) mass is 404 g/mol. The van der Waals surface area contributed by atoms with Crippen LogP contribution in [0, 0.1) is 0 Å². The van der Waals surface area contributed by atoms with Crippen molar-refractivity contribution in [1.29, 1.82) is 0 Å². The Hall–Kier alpha value is -0.830. The standard InChI is InChI=1S/C12H14Br2N4O2/c1-15-8(6-19-2)4-10-17-12(18-20-10)11-9(14)3-7(13)5-16-11/h3,5,8,15H,4,6H2,1-2H3. The van der Waals surface area contributed by atoms with Crippen LogP contribution < -0.4 is 5.32 Å². The first kappa shape index (κ1) is 15.6. The molecule has 6 nitrogen and oxygen atoms in total. The maximum absolute atomic E-state index is 5.25. The molecule has 0 spiro atoms. The second-order valence-corrected chi connectivity index (χ2v) is 5.91. The lowest BCUT2D eigenvalue weighted by Gasteiger charge is -2.11. The van der Waals surface area contributed by atoms with Crippen LogP contribution in [0.1, 0.15) is 5.89 Å². The summed E-state index contributed by atoms with van der Waals surface area (Å²) in [7, 11) is 3.53. The Balaban J connectivity index is 2.16. The van der Waals surface area contributed by atoms with Crippen molar-refractivity contribution in [3.05, 3.63) is 27.1 Å². The number of pyridine rings is 1. The summed E-state index contributed by atoms with van der Waals surface area (Å²) in [6.45, 7) is 0.578. The number of rotatable bonds is 6. The fraction of sp³-hybridized carbons (Fsp3) is 0.417. The van der Waals surface area contributed by atoms with Gasteiger partial charge in [-0.05, 0) is 45.0 Å². The van der Waals surface area contributed by atoms with Gasteiger partial charge in [-0.1, -0.05) is 5.16 Å². The number of hydrogen-bond donors (Lipinski definition) is 1. The zero-order valence-electron chi connectivity index (χ0n) is 11.1. The number of likely N-dealkylation sites (N-methyl/N-ethyl adjacent to an activating group) is 1. The van der Waals surface area contributed by atoms with Gasteiger partial charge in [0.15, 0.2) is 0 Å². The molecule has 0 aromatic carbocycles. The van der Waals surface area contributed by atoms with Crippen LogP contribution in [0.4, 0.5) is 0 Å². The summed E-state index contributed by atoms with van der Waals surface area (Å²) in [6, 6.07) is 2.02. The molecule has 0 aliphatic carbocycles. The SMILES string of the molecule is CNC(COC)Cc1nc(-c2ncc(Br)cc2Br)no1. The van der Waals surface area contributed by atoms with Gasteiger partial charge in [0.05, 0.1) is 6.61 Å². The van der Waals surface area contributed by atoms with Crippen molar-refractivity contribution in [3.8, 4) is 11.5 Å². The smallest absolute Gasteiger partial charge is 0.228 e. The molecule has 0 saturated carbocycles. The van der Waals surface area contributed by atoms with Crippen LogP contribution in [0.5, 0.6) is 0 Å². The third-order valence-electron chi connectivity index (χ3n) is 2.68. The molecule has 2 aromatic rings. The van der Waals surface area contributed by atoms with Gasteiger partial charge in [0.2, 0.25) is 11.7 Å². The van der Waals surface area contributed by atoms with Gasteiger partial charge in [0.25, 0.3) is 0 Å². The molecule has 1 N–H and O–H groups in total. The Labute approximate surface area is 133 Å². The molecular weight excluding hydrogens is 392 g/mol. The molecule has 0 fully saturated rings. The van der Waals surface area contributed by atoms with Crippen LogP contribution in [0.3, 0.4) is 0 Å². The highest BCUT2D eigenvalue weighted by atomic mass is 79.9. The first-order chi connectivity index (χ1) is 9.63. The molecular formula is C12H14Br2N4O2. The molecule has 0 amide bonds. The quantitative estimate of drug-likeness (QED) is 0.795. The van der Waals surface area contributed by atoms with Crippen LogP contribution in [0.2, 0.25) is 0 Å². The second kappa shape index (κ2) is 7.26. The average molecular weight is 406 g/mol. The van der Waals surface area contributed by atoms with Gasteiger partial charge in [-0.25, -0.2) is 0 Å². The third-order valence-corrected chi connectivity index (χ3v) is 3.72. The first-order valence-corrected chi connectivity index (χ1v) is 7.52. The number of ether oxygens (including phenoxy) is 1. The number of nitrogens with one attached hydrogen (secondary N) is 1. The lowest BCUT2D eigenvalue weighted by atomic mass is 10.2. The second-order valence-electron chi connectivity index (χ2n) is 4.14. The Bertz CT molecular complexity index is 576. The summed E-state index contributed by atoms with van der Waals surface area (Å²) in [4.78, 5) is 8.64. The molecule has 0 bridgehead atoms. The first-order valence-electron chi connectivity index (χ1n) is 5.94. The Kier molecular flexibility index (Phi) is 5.64. The van der Waals surface area contributed by atoms with E-state index >= 15 is 0 Å². The van der Waals surface area contributed by atoms with E-state index in [1.165, 1.54) is 0 Å². The van der Waals surface area contributed by atoms with Gasteiger partial charge in [-0.2, -0.15) is 4.98 Å². The Morgan fingerprint density at radius 3 is 2.90 bits per heavy atom. The largest absolute Gasteiger partial charge is 0.383 e. The highest BCUT2D eigenvalue weighted by Crippen LogP contribution is 2.26. The summed E-state index contributed by atoms with van der Waals surface area (Å²) >= 11 is 6.79. The number of nitrogens with zero attached hydrogens (tertiary/aromatic N) is 3. The van der Waals surface area contributed by atoms with E-state index in [2.05, 4.69) is 52.3 Å². The van der Waals surface area contributed by atoms with Gasteiger partial charge < -0.3 is 14.6 Å². The number of hydrogen-bond acceptors (Lipinski definition) is 6. The predicted molar refractivity (Wildman–Crippen MR) is 81.4 cm³/mol. The van der Waals surface area contributed by atoms with E-state index in [1.807, 2.05) is 13.1 Å². The summed E-state index contributed by atoms with van der Waals surface area (Å²) in [5.41, 5.74) is 0.649. The number of aromatic nitrogens is 3. The third kappa shape index (κ3) is 3.85. The van der Waals surface area contributed by atoms with E-state index in [4.69, 9.17) is 9.26 Å². The van der Waals surface area contributed by atoms with Gasteiger partial charge in [-0.3, -0.25) is 4.98 Å². The van der Waals surface area contributed by atoms with E-state index in [9.17, 15) is 0 Å². The fourth-order valence-electron chi connectivity index (χ4n) is 1.67. The molecule has 0 aliphatic heterocycles. The minimum absolute atomic E-state index is 0.134. The average Bonchev–Trinajstić information content (AvgIpc) is 2.86. The molecule has 8 heteroatoms. The van der Waals surface area contributed by atoms with Crippen LogP contribution in [-0.2, 0) is 11.2 Å². The molecule has 2 heterocycles. The van der Waals surface area contributed by atoms with E-state index < -0.39 is 0 Å². The highest BCUT2D eigenvalue weighted by molar-refractivity contribution is 9.11. The lowest BCUT2D eigenvalue weighted by Crippen LogP contribution is -2.32. The van der Waals surface area contributed by atoms with Gasteiger partial charge in [0.1, 0.15) is 5.69 Å². The molecule has 1 unspecified atom stereocenters. The number of methoxy groups -OCH3 is 1. The van der Waals surface area contributed by atoms with Crippen LogP contribution in [0.15, 0.2) is 25.7 Å². The minimum Gasteiger partial charge on any atom is -0.383 e. The van der Waals surface area contributed by atoms with Gasteiger partial charge in [-0.15, -0.1) is 0 Å². The predicted octanol–water partition coefficient (Wildman–Crippen LogP) is 2.43. The molecule has 2 rings (SSSR count). The van der Waals surface area contributed by atoms with Gasteiger partial charge in [0, 0.05) is 34.7 Å². The van der Waals surface area contributed by atoms with Crippen molar-refractivity contribution in [1.82, 2.24) is 20.4 Å². The van der Waals surface area contributed by atoms with Crippen LogP contribution in [-0.4, -0.2) is 41.9 Å². The van der Waals surface area contributed by atoms with E-state index in [1.54, 1.807) is 13.3 Å². The topological polar surface area (TPSA) is 73.1 Å². The molecule has 0 saturated heterocycles. The molecule has 2 aromatic heterocycles. The van der Waals surface area contributed by atoms with E-state index in [0.717, 1.165) is 8.95 Å². The Morgan fingerprint density at radius 2 is 2.25 bits per heavy atom. The van der Waals surface area contributed by atoms with Crippen molar-refractivity contribution >= 4 is 31.9 Å². The maximum atomic E-state index is 5.25. The van der Waals surface area contributed by atoms with E-state index in [0.29, 0.717) is 30.4 Å². The highest BCUT2D eigenvalue weighted by Gasteiger charge is 2.16. The summed E-state index contributed by atoms with van der Waals surface area (Å²) in [6.07, 6.45) is 2.29. The van der Waals surface area contributed by atoms with Gasteiger partial charge >= 0.3 is 0 Å². The Morgan fingerprint density at radius 1 is 1.45 bits per heavy atom. The molecule has 108 valence electrons. The van der Waals surface area contributed by atoms with E-state index in [-0.39, 0.29) is 6.04 Å². The van der Waals surface area contributed by atoms with Crippen molar-refractivity contribution in [2.75, 3.05) is 20.8 Å². The summed E-state index contributed by atoms with van der Waals surface area (Å²) in [5, 5.41) is 7.10. The molecule has 0 aliphatic rings. The lowest BCUT2D eigenvalue weighted by molar-refractivity contribution is 0.165. The zero-order valence-corrected chi connectivity index (χ0v) is 14.2. The normalized spacial score (nSPS) is 12.6. The van der Waals surface area contributed by atoms with Crippen LogP contribution in [0.25, 0.3) is 11.5 Å². The molecule has 1 atom stereocenters. The van der Waals surface area contributed by atoms with Crippen molar-refractivity contribution in [2.45, 2.75) is 12.5 Å². The fourth-order valence-corrected chi connectivity index (χ4v) is 2.83. The summed E-state index contributed by atoms with van der Waals surface area (Å²) < 4.78 is 12.1. The zero-order chi connectivity index (χ0) is 14.5. The van der Waals surface area contributed by atoms with Crippen LogP contribution >= 0.6 is 31.9 Å². The van der Waals surface area contributed by atoms with Crippen molar-refractivity contribution < 1.29 is 9.26 Å². The maximum Gasteiger partial charge on any atom is 0.228 e. The summed E-state index contributed by atoms with van der Waals surface area (Å²) in [5.74, 6) is 1.01. The molecule has 20 heavy (non-hydrogen) atoms. The number of halogens is 2. The minimum atomic E-state index is 0.134. The molecule has 0 radical (unpaired) electrons. The van der Waals surface area contributed by atoms with Crippen molar-refractivity contribution in [2.24, 2.45) is 0 Å².